The molecule has 4 aromatic carbocycles. The van der Waals surface area contributed by atoms with Crippen molar-refractivity contribution in [3.05, 3.63) is 83.7 Å². The molecule has 2 heteroatoms. The Kier molecular flexibility index (Phi) is 4.48. The third kappa shape index (κ3) is 2.83. The number of aromatic nitrogens is 1. The first kappa shape index (κ1) is 20.2. The van der Waals surface area contributed by atoms with Crippen molar-refractivity contribution >= 4 is 49.9 Å². The van der Waals surface area contributed by atoms with E-state index in [1.807, 2.05) is 0 Å². The van der Waals surface area contributed by atoms with Gasteiger partial charge in [-0.25, -0.2) is 0 Å². The van der Waals surface area contributed by atoms with Gasteiger partial charge >= 0.3 is 0 Å². The number of unbranched alkanes of at least 4 members (excludes halogenated alkanes) is 1. The number of benzene rings is 4. The van der Waals surface area contributed by atoms with Gasteiger partial charge in [0.1, 0.15) is 7.05 Å². The lowest BCUT2D eigenvalue weighted by atomic mass is 9.79. The van der Waals surface area contributed by atoms with Crippen molar-refractivity contribution in [2.75, 3.05) is 7.05 Å². The van der Waals surface area contributed by atoms with Crippen LogP contribution in [0.5, 0.6) is 0 Å². The number of aryl methyl sites for hydroxylation is 1. The Morgan fingerprint density at radius 1 is 0.848 bits per heavy atom. The number of rotatable bonds is 4. The Bertz CT molecular complexity index is 1620. The Morgan fingerprint density at radius 2 is 1.58 bits per heavy atom. The predicted octanol–water partition coefficient (Wildman–Crippen LogP) is 6.95. The summed E-state index contributed by atoms with van der Waals surface area (Å²) < 4.78 is 4.97. The molecule has 0 amide bonds. The highest BCUT2D eigenvalue weighted by Crippen LogP contribution is 2.43. The number of hydrogen-bond donors (Lipinski definition) is 0. The highest BCUT2D eigenvalue weighted by atomic mass is 15.0. The minimum atomic E-state index is -0.0863. The van der Waals surface area contributed by atoms with Gasteiger partial charge < -0.3 is 4.57 Å². The zero-order valence-corrected chi connectivity index (χ0v) is 20.0. The summed E-state index contributed by atoms with van der Waals surface area (Å²) in [7, 11) is 2.23. The summed E-state index contributed by atoms with van der Waals surface area (Å²) in [5.41, 5.74) is 5.37. The second-order valence-corrected chi connectivity index (χ2v) is 9.97. The first-order valence-corrected chi connectivity index (χ1v) is 12.2. The van der Waals surface area contributed by atoms with Crippen LogP contribution in [0.4, 0.5) is 5.69 Å². The SMILES string of the molecule is CCCCn1/c(=C/C2=[N+](C)c3ccc4ccccc4c3C2(C)C)c2cccc3cccc1c32. The molecule has 6 rings (SSSR count). The maximum Gasteiger partial charge on any atom is 0.210 e. The lowest BCUT2D eigenvalue weighted by molar-refractivity contribution is -0.400. The van der Waals surface area contributed by atoms with Gasteiger partial charge in [0.2, 0.25) is 5.69 Å². The molecule has 0 saturated carbocycles. The van der Waals surface area contributed by atoms with Gasteiger partial charge in [-0.05, 0) is 48.6 Å². The molecule has 33 heavy (non-hydrogen) atoms. The maximum absolute atomic E-state index is 2.55. The standard InChI is InChI=1S/C31H31N2/c1-5-6-19-33-25-16-10-13-22-12-9-15-24(29(22)25)27(33)20-28-31(2,3)30-23-14-8-7-11-21(23)17-18-26(30)32(28)4/h7-18,20H,5-6,19H2,1-4H3/q+1. The zero-order chi connectivity index (χ0) is 22.7. The lowest BCUT2D eigenvalue weighted by Gasteiger charge is -2.17. The summed E-state index contributed by atoms with van der Waals surface area (Å²) >= 11 is 0. The second-order valence-electron chi connectivity index (χ2n) is 9.97. The molecule has 0 unspecified atom stereocenters. The van der Waals surface area contributed by atoms with E-state index in [9.17, 15) is 0 Å². The fraction of sp³-hybridized carbons (Fsp3) is 0.258. The fourth-order valence-electron chi connectivity index (χ4n) is 6.03. The van der Waals surface area contributed by atoms with Crippen LogP contribution in [0.2, 0.25) is 0 Å². The average molecular weight is 432 g/mol. The van der Waals surface area contributed by atoms with Crippen LogP contribution in [0.1, 0.15) is 39.2 Å². The molecular weight excluding hydrogens is 400 g/mol. The van der Waals surface area contributed by atoms with E-state index in [1.54, 1.807) is 0 Å². The summed E-state index contributed by atoms with van der Waals surface area (Å²) in [6.45, 7) is 8.08. The Balaban J connectivity index is 1.67. The van der Waals surface area contributed by atoms with Crippen LogP contribution in [0.15, 0.2) is 72.8 Å². The van der Waals surface area contributed by atoms with Crippen LogP contribution in [-0.2, 0) is 12.0 Å². The topological polar surface area (TPSA) is 7.94 Å². The molecule has 0 spiro atoms. The van der Waals surface area contributed by atoms with Gasteiger partial charge in [-0.1, -0.05) is 67.9 Å². The quantitative estimate of drug-likeness (QED) is 0.272. The smallest absolute Gasteiger partial charge is 0.210 e. The molecule has 0 aliphatic carbocycles. The number of fused-ring (bicyclic) bond motifs is 3. The maximum atomic E-state index is 2.55. The summed E-state index contributed by atoms with van der Waals surface area (Å²) in [6.07, 6.45) is 4.84. The Hall–Kier alpha value is -3.39. The first-order valence-electron chi connectivity index (χ1n) is 12.2. The molecule has 2 heterocycles. The molecule has 1 aliphatic heterocycles. The summed E-state index contributed by atoms with van der Waals surface area (Å²) in [5.74, 6) is 0. The molecule has 1 aromatic heterocycles. The fourth-order valence-corrected chi connectivity index (χ4v) is 6.03. The molecule has 1 aliphatic rings. The highest BCUT2D eigenvalue weighted by Gasteiger charge is 2.44. The predicted molar refractivity (Wildman–Crippen MR) is 142 cm³/mol. The molecule has 0 fully saturated rings. The van der Waals surface area contributed by atoms with Crippen molar-refractivity contribution < 1.29 is 4.58 Å². The minimum Gasteiger partial charge on any atom is -0.340 e. The van der Waals surface area contributed by atoms with E-state index in [0.717, 1.165) is 6.54 Å². The van der Waals surface area contributed by atoms with Crippen LogP contribution in [0.3, 0.4) is 0 Å². The zero-order valence-electron chi connectivity index (χ0n) is 20.0. The van der Waals surface area contributed by atoms with Gasteiger partial charge in [-0.3, -0.25) is 0 Å². The number of nitrogens with zero attached hydrogens (tertiary/aromatic N) is 2. The third-order valence-corrected chi connectivity index (χ3v) is 7.64. The molecule has 2 nitrogen and oxygen atoms in total. The molecule has 0 atom stereocenters. The van der Waals surface area contributed by atoms with Gasteiger partial charge in [-0.2, -0.15) is 4.58 Å². The van der Waals surface area contributed by atoms with E-state index in [0.29, 0.717) is 0 Å². The van der Waals surface area contributed by atoms with E-state index in [2.05, 4.69) is 116 Å². The number of hydrogen-bond acceptors (Lipinski definition) is 0. The van der Waals surface area contributed by atoms with E-state index >= 15 is 0 Å². The third-order valence-electron chi connectivity index (χ3n) is 7.64. The molecular formula is C31H31N2+. The van der Waals surface area contributed by atoms with Crippen LogP contribution in [0, 0.1) is 0 Å². The normalized spacial score (nSPS) is 15.9. The largest absolute Gasteiger partial charge is 0.340 e. The first-order chi connectivity index (χ1) is 16.0. The van der Waals surface area contributed by atoms with Crippen molar-refractivity contribution in [1.29, 1.82) is 0 Å². The van der Waals surface area contributed by atoms with Crippen LogP contribution < -0.4 is 5.35 Å². The van der Waals surface area contributed by atoms with Crippen molar-refractivity contribution in [3.8, 4) is 0 Å². The van der Waals surface area contributed by atoms with E-state index in [-0.39, 0.29) is 5.41 Å². The van der Waals surface area contributed by atoms with Crippen LogP contribution in [0.25, 0.3) is 38.5 Å². The van der Waals surface area contributed by atoms with Crippen molar-refractivity contribution in [2.24, 2.45) is 0 Å². The monoisotopic (exact) mass is 431 g/mol. The van der Waals surface area contributed by atoms with E-state index in [1.165, 1.54) is 67.6 Å². The van der Waals surface area contributed by atoms with E-state index < -0.39 is 0 Å². The van der Waals surface area contributed by atoms with Crippen molar-refractivity contribution in [1.82, 2.24) is 4.57 Å². The molecule has 0 bridgehead atoms. The average Bonchev–Trinajstić information content (AvgIpc) is 3.23. The van der Waals surface area contributed by atoms with Crippen LogP contribution >= 0.6 is 0 Å². The summed E-state index contributed by atoms with van der Waals surface area (Å²) in [4.78, 5) is 0. The van der Waals surface area contributed by atoms with Crippen molar-refractivity contribution in [2.45, 2.75) is 45.6 Å². The van der Waals surface area contributed by atoms with Gasteiger partial charge in [-0.15, -0.1) is 0 Å². The van der Waals surface area contributed by atoms with Gasteiger partial charge in [0.15, 0.2) is 5.71 Å². The summed E-state index contributed by atoms with van der Waals surface area (Å²) in [6, 6.07) is 26.8. The second kappa shape index (κ2) is 7.31. The van der Waals surface area contributed by atoms with E-state index in [4.69, 9.17) is 0 Å². The van der Waals surface area contributed by atoms with Gasteiger partial charge in [0, 0.05) is 40.5 Å². The van der Waals surface area contributed by atoms with Gasteiger partial charge in [0.25, 0.3) is 0 Å². The molecule has 5 aromatic rings. The van der Waals surface area contributed by atoms with Crippen molar-refractivity contribution in [3.63, 3.8) is 0 Å². The highest BCUT2D eigenvalue weighted by molar-refractivity contribution is 6.19. The van der Waals surface area contributed by atoms with Crippen LogP contribution in [-0.4, -0.2) is 21.9 Å². The lowest BCUT2D eigenvalue weighted by Crippen LogP contribution is -2.30. The minimum absolute atomic E-state index is 0.0863. The molecule has 0 N–H and O–H groups in total. The molecule has 0 radical (unpaired) electrons. The molecule has 0 saturated heterocycles. The van der Waals surface area contributed by atoms with Gasteiger partial charge in [0.05, 0.1) is 10.8 Å². The summed E-state index contributed by atoms with van der Waals surface area (Å²) in [5, 5.41) is 8.09. The Morgan fingerprint density at radius 3 is 2.39 bits per heavy atom. The molecule has 164 valence electrons. The Labute approximate surface area is 195 Å².